The second-order valence-corrected chi connectivity index (χ2v) is 8.26. The molecule has 2 aromatic carbocycles. The van der Waals surface area contributed by atoms with E-state index in [1.54, 1.807) is 6.92 Å². The first-order chi connectivity index (χ1) is 16.1. The third kappa shape index (κ3) is 4.51. The molecule has 33 heavy (non-hydrogen) atoms. The van der Waals surface area contributed by atoms with Crippen LogP contribution in [0.3, 0.4) is 0 Å². The van der Waals surface area contributed by atoms with E-state index < -0.39 is 0 Å². The highest BCUT2D eigenvalue weighted by atomic mass is 16.1. The summed E-state index contributed by atoms with van der Waals surface area (Å²) < 4.78 is 0. The lowest BCUT2D eigenvalue weighted by atomic mass is 10.00. The number of hydrogen-bond acceptors (Lipinski definition) is 6. The topological polar surface area (TPSA) is 89.8 Å². The number of likely N-dealkylation sites (N-methyl/N-ethyl adjacent to an activating group) is 1. The van der Waals surface area contributed by atoms with Crippen molar-refractivity contribution in [1.29, 1.82) is 0 Å². The van der Waals surface area contributed by atoms with Gasteiger partial charge in [0.1, 0.15) is 5.82 Å². The van der Waals surface area contributed by atoms with Crippen molar-refractivity contribution in [3.05, 3.63) is 76.8 Å². The van der Waals surface area contributed by atoms with Gasteiger partial charge < -0.3 is 9.88 Å². The Morgan fingerprint density at radius 1 is 0.909 bits per heavy atom. The first kappa shape index (κ1) is 21.0. The van der Waals surface area contributed by atoms with Crippen molar-refractivity contribution in [2.45, 2.75) is 6.92 Å². The van der Waals surface area contributed by atoms with Crippen molar-refractivity contribution in [3.8, 4) is 22.4 Å². The molecule has 0 amide bonds. The number of piperazine rings is 1. The highest BCUT2D eigenvalue weighted by Crippen LogP contribution is 2.30. The lowest BCUT2D eigenvalue weighted by Gasteiger charge is -2.29. The quantitative estimate of drug-likeness (QED) is 0.481. The molecule has 0 radical (unpaired) electrons. The van der Waals surface area contributed by atoms with Crippen molar-refractivity contribution in [3.63, 3.8) is 0 Å². The largest absolute Gasteiger partial charge is 0.310 e. The van der Waals surface area contributed by atoms with E-state index in [2.05, 4.69) is 32.3 Å². The van der Waals surface area contributed by atoms with E-state index in [1.807, 2.05) is 65.7 Å². The number of hydrogen-bond donors (Lipinski definition) is 1. The third-order valence-electron chi connectivity index (χ3n) is 5.81. The van der Waals surface area contributed by atoms with Gasteiger partial charge in [0.25, 0.3) is 5.56 Å². The zero-order valence-corrected chi connectivity index (χ0v) is 18.7. The maximum atomic E-state index is 12.7. The molecule has 0 saturated carbocycles. The van der Waals surface area contributed by atoms with Crippen molar-refractivity contribution in [2.24, 2.45) is 10.3 Å². The Kier molecular flexibility index (Phi) is 5.66. The summed E-state index contributed by atoms with van der Waals surface area (Å²) >= 11 is 0. The van der Waals surface area contributed by atoms with Gasteiger partial charge in [-0.05, 0) is 37.7 Å². The van der Waals surface area contributed by atoms with Crippen LogP contribution in [-0.4, -0.2) is 58.1 Å². The van der Waals surface area contributed by atoms with Crippen LogP contribution in [0.1, 0.15) is 5.82 Å². The Bertz CT molecular complexity index is 1360. The minimum absolute atomic E-state index is 0.185. The SMILES string of the molecule is Cc1nc2nc(-c3ccc(N=NN4CCN(C)CC4)cc3)cc(-c3ccccc3)c2c(=O)[nH]1. The predicted octanol–water partition coefficient (Wildman–Crippen LogP) is 4.21. The molecule has 5 rings (SSSR count). The van der Waals surface area contributed by atoms with Crippen LogP contribution in [0.25, 0.3) is 33.4 Å². The number of aromatic nitrogens is 3. The summed E-state index contributed by atoms with van der Waals surface area (Å²) in [6.45, 7) is 5.51. The fraction of sp³-hybridized carbons (Fsp3) is 0.240. The Morgan fingerprint density at radius 3 is 2.36 bits per heavy atom. The van der Waals surface area contributed by atoms with Crippen LogP contribution in [0.4, 0.5) is 5.69 Å². The second-order valence-electron chi connectivity index (χ2n) is 8.26. The molecule has 166 valence electrons. The predicted molar refractivity (Wildman–Crippen MR) is 129 cm³/mol. The van der Waals surface area contributed by atoms with Gasteiger partial charge in [0.05, 0.1) is 29.9 Å². The lowest BCUT2D eigenvalue weighted by molar-refractivity contribution is 0.150. The normalized spacial score (nSPS) is 14.9. The summed E-state index contributed by atoms with van der Waals surface area (Å²) in [4.78, 5) is 27.0. The Morgan fingerprint density at radius 2 is 1.64 bits per heavy atom. The van der Waals surface area contributed by atoms with Gasteiger partial charge in [-0.1, -0.05) is 47.7 Å². The first-order valence-corrected chi connectivity index (χ1v) is 11.0. The van der Waals surface area contributed by atoms with Gasteiger partial charge in [-0.2, -0.15) is 0 Å². The molecular weight excluding hydrogens is 414 g/mol. The Hall–Kier alpha value is -3.91. The molecule has 8 nitrogen and oxygen atoms in total. The molecule has 1 saturated heterocycles. The fourth-order valence-corrected chi connectivity index (χ4v) is 3.94. The molecule has 0 spiro atoms. The average molecular weight is 440 g/mol. The molecule has 1 fully saturated rings. The van der Waals surface area contributed by atoms with Crippen LogP contribution in [-0.2, 0) is 0 Å². The number of nitrogens with one attached hydrogen (secondary N) is 1. The van der Waals surface area contributed by atoms with Crippen molar-refractivity contribution < 1.29 is 0 Å². The standard InChI is InChI=1S/C25H25N7O/c1-17-26-24-23(25(33)27-17)21(18-6-4-3-5-7-18)16-22(28-24)19-8-10-20(11-9-19)29-30-32-14-12-31(2)13-15-32/h3-11,16H,12-15H2,1-2H3,(H,26,27,28,33). The maximum absolute atomic E-state index is 12.7. The summed E-state index contributed by atoms with van der Waals surface area (Å²) in [7, 11) is 2.12. The molecule has 0 bridgehead atoms. The smallest absolute Gasteiger partial charge is 0.261 e. The van der Waals surface area contributed by atoms with Crippen molar-refractivity contribution >= 4 is 16.7 Å². The number of fused-ring (bicyclic) bond motifs is 1. The highest BCUT2D eigenvalue weighted by Gasteiger charge is 2.15. The Balaban J connectivity index is 1.50. The minimum atomic E-state index is -0.185. The molecule has 1 aliphatic heterocycles. The molecule has 1 aliphatic rings. The van der Waals surface area contributed by atoms with E-state index in [-0.39, 0.29) is 5.56 Å². The summed E-state index contributed by atoms with van der Waals surface area (Å²) in [6.07, 6.45) is 0. The van der Waals surface area contributed by atoms with Gasteiger partial charge in [-0.25, -0.2) is 9.97 Å². The second kappa shape index (κ2) is 8.91. The highest BCUT2D eigenvalue weighted by molar-refractivity contribution is 5.94. The molecule has 1 N–H and O–H groups in total. The van der Waals surface area contributed by atoms with Crippen LogP contribution in [0.5, 0.6) is 0 Å². The van der Waals surface area contributed by atoms with Crippen LogP contribution in [0, 0.1) is 6.92 Å². The summed E-state index contributed by atoms with van der Waals surface area (Å²) in [6, 6.07) is 19.6. The average Bonchev–Trinajstić information content (AvgIpc) is 2.83. The Labute approximate surface area is 191 Å². The zero-order valence-electron chi connectivity index (χ0n) is 18.7. The number of aryl methyl sites for hydroxylation is 1. The number of benzene rings is 2. The number of pyridine rings is 1. The molecule has 4 aromatic rings. The third-order valence-corrected chi connectivity index (χ3v) is 5.81. The number of nitrogens with zero attached hydrogens (tertiary/aromatic N) is 6. The van der Waals surface area contributed by atoms with Gasteiger partial charge in [-0.15, -0.1) is 5.11 Å². The van der Waals surface area contributed by atoms with Gasteiger partial charge in [0, 0.05) is 24.2 Å². The van der Waals surface area contributed by atoms with E-state index in [1.165, 1.54) is 0 Å². The van der Waals surface area contributed by atoms with Crippen LogP contribution in [0.15, 0.2) is 75.8 Å². The van der Waals surface area contributed by atoms with Gasteiger partial charge in [0.2, 0.25) is 0 Å². The lowest BCUT2D eigenvalue weighted by Crippen LogP contribution is -2.41. The maximum Gasteiger partial charge on any atom is 0.261 e. The molecule has 0 aliphatic carbocycles. The zero-order chi connectivity index (χ0) is 22.8. The van der Waals surface area contributed by atoms with E-state index in [0.29, 0.717) is 16.9 Å². The summed E-state index contributed by atoms with van der Waals surface area (Å²) in [5.74, 6) is 0.538. The van der Waals surface area contributed by atoms with E-state index >= 15 is 0 Å². The van der Waals surface area contributed by atoms with Crippen molar-refractivity contribution in [1.82, 2.24) is 24.9 Å². The number of H-pyrrole nitrogens is 1. The molecule has 0 unspecified atom stereocenters. The number of aromatic amines is 1. The van der Waals surface area contributed by atoms with Gasteiger partial charge in [0.15, 0.2) is 5.65 Å². The van der Waals surface area contributed by atoms with Crippen LogP contribution >= 0.6 is 0 Å². The van der Waals surface area contributed by atoms with Gasteiger partial charge in [-0.3, -0.25) is 9.80 Å². The first-order valence-electron chi connectivity index (χ1n) is 11.0. The fourth-order valence-electron chi connectivity index (χ4n) is 3.94. The monoisotopic (exact) mass is 439 g/mol. The van der Waals surface area contributed by atoms with Crippen molar-refractivity contribution in [2.75, 3.05) is 33.2 Å². The van der Waals surface area contributed by atoms with E-state index in [4.69, 9.17) is 4.98 Å². The molecule has 3 heterocycles. The number of rotatable bonds is 4. The molecule has 0 atom stereocenters. The summed E-state index contributed by atoms with van der Waals surface area (Å²) in [5, 5.41) is 11.2. The molecular formula is C25H25N7O. The minimum Gasteiger partial charge on any atom is -0.310 e. The summed E-state index contributed by atoms with van der Waals surface area (Å²) in [5.41, 5.74) is 4.46. The van der Waals surface area contributed by atoms with E-state index in [0.717, 1.165) is 54.3 Å². The molecule has 2 aromatic heterocycles. The van der Waals surface area contributed by atoms with Crippen LogP contribution in [0.2, 0.25) is 0 Å². The van der Waals surface area contributed by atoms with E-state index in [9.17, 15) is 4.79 Å². The van der Waals surface area contributed by atoms with Crippen LogP contribution < -0.4 is 5.56 Å². The van der Waals surface area contributed by atoms with Gasteiger partial charge >= 0.3 is 0 Å². The molecule has 8 heteroatoms.